The molecular formula is C18H24N4O2. The van der Waals surface area contributed by atoms with Crippen molar-refractivity contribution in [2.24, 2.45) is 11.8 Å². The van der Waals surface area contributed by atoms with Crippen LogP contribution in [0.4, 0.5) is 0 Å². The highest BCUT2D eigenvalue weighted by atomic mass is 16.2. The van der Waals surface area contributed by atoms with E-state index in [9.17, 15) is 9.59 Å². The van der Waals surface area contributed by atoms with Crippen LogP contribution in [0.1, 0.15) is 31.5 Å². The maximum Gasteiger partial charge on any atom is 0.225 e. The van der Waals surface area contributed by atoms with E-state index in [1.54, 1.807) is 11.1 Å². The van der Waals surface area contributed by atoms with Gasteiger partial charge in [0.2, 0.25) is 11.8 Å². The smallest absolute Gasteiger partial charge is 0.225 e. The van der Waals surface area contributed by atoms with Crippen LogP contribution in [-0.2, 0) is 16.1 Å². The molecule has 6 nitrogen and oxygen atoms in total. The molecule has 0 aliphatic carbocycles. The van der Waals surface area contributed by atoms with Crippen LogP contribution >= 0.6 is 0 Å². The molecule has 24 heavy (non-hydrogen) atoms. The fourth-order valence-corrected chi connectivity index (χ4v) is 3.22. The Kier molecular flexibility index (Phi) is 4.55. The van der Waals surface area contributed by atoms with E-state index in [1.165, 1.54) is 0 Å². The highest BCUT2D eigenvalue weighted by Crippen LogP contribution is 2.19. The zero-order valence-electron chi connectivity index (χ0n) is 14.5. The summed E-state index contributed by atoms with van der Waals surface area (Å²) in [4.78, 5) is 30.6. The zero-order valence-corrected chi connectivity index (χ0v) is 14.5. The quantitative estimate of drug-likeness (QED) is 0.909. The number of rotatable bonds is 5. The lowest BCUT2D eigenvalue weighted by Crippen LogP contribution is -2.34. The van der Waals surface area contributed by atoms with E-state index in [0.717, 1.165) is 23.4 Å². The van der Waals surface area contributed by atoms with Crippen LogP contribution in [0.5, 0.6) is 0 Å². The fraction of sp³-hybridized carbons (Fsp3) is 0.500. The molecule has 1 aliphatic heterocycles. The summed E-state index contributed by atoms with van der Waals surface area (Å²) < 4.78 is 1.99. The van der Waals surface area contributed by atoms with Gasteiger partial charge in [0.1, 0.15) is 5.65 Å². The van der Waals surface area contributed by atoms with E-state index in [2.05, 4.69) is 24.1 Å². The third kappa shape index (κ3) is 3.27. The van der Waals surface area contributed by atoms with Gasteiger partial charge in [-0.15, -0.1) is 0 Å². The number of likely N-dealkylation sites (tertiary alicyclic amines) is 1. The van der Waals surface area contributed by atoms with E-state index < -0.39 is 0 Å². The van der Waals surface area contributed by atoms with E-state index >= 15 is 0 Å². The second kappa shape index (κ2) is 6.63. The van der Waals surface area contributed by atoms with E-state index in [0.29, 0.717) is 25.4 Å². The molecule has 2 aromatic heterocycles. The van der Waals surface area contributed by atoms with Crippen molar-refractivity contribution in [3.05, 3.63) is 35.8 Å². The summed E-state index contributed by atoms with van der Waals surface area (Å²) in [5, 5.41) is 2.95. The average molecular weight is 328 g/mol. The van der Waals surface area contributed by atoms with Crippen molar-refractivity contribution < 1.29 is 9.59 Å². The molecule has 0 radical (unpaired) electrons. The topological polar surface area (TPSA) is 66.7 Å². The largest absolute Gasteiger partial charge is 0.350 e. The van der Waals surface area contributed by atoms with Crippen molar-refractivity contribution >= 4 is 17.5 Å². The first-order chi connectivity index (χ1) is 11.5. The second-order valence-electron chi connectivity index (χ2n) is 6.95. The minimum atomic E-state index is -0.253. The molecule has 2 amide bonds. The Bertz CT molecular complexity index is 765. The van der Waals surface area contributed by atoms with Gasteiger partial charge in [0, 0.05) is 25.7 Å². The van der Waals surface area contributed by atoms with Gasteiger partial charge < -0.3 is 14.6 Å². The third-order valence-corrected chi connectivity index (χ3v) is 4.42. The molecule has 0 bridgehead atoms. The number of carbonyl (C=O) groups excluding carboxylic acids is 2. The average Bonchev–Trinajstić information content (AvgIpc) is 3.10. The maximum absolute atomic E-state index is 12.4. The summed E-state index contributed by atoms with van der Waals surface area (Å²) in [6.07, 6.45) is 4.04. The number of fused-ring (bicyclic) bond motifs is 1. The number of hydrogen-bond acceptors (Lipinski definition) is 3. The number of aryl methyl sites for hydroxylation is 1. The van der Waals surface area contributed by atoms with E-state index in [4.69, 9.17) is 0 Å². The predicted octanol–water partition coefficient (Wildman–Crippen LogP) is 1.76. The van der Waals surface area contributed by atoms with Gasteiger partial charge in [-0.3, -0.25) is 9.59 Å². The minimum Gasteiger partial charge on any atom is -0.350 e. The minimum absolute atomic E-state index is 0.0581. The Labute approximate surface area is 141 Å². The van der Waals surface area contributed by atoms with Crippen LogP contribution in [-0.4, -0.2) is 39.2 Å². The predicted molar refractivity (Wildman–Crippen MR) is 91.3 cm³/mol. The Morgan fingerprint density at radius 1 is 1.46 bits per heavy atom. The second-order valence-corrected chi connectivity index (χ2v) is 6.95. The summed E-state index contributed by atoms with van der Waals surface area (Å²) in [5.41, 5.74) is 2.94. The SMILES string of the molecule is Cc1cccn2c(CNC(=O)C3CC(=O)N(CC(C)C)C3)cnc12. The summed E-state index contributed by atoms with van der Waals surface area (Å²) in [6.45, 7) is 7.82. The third-order valence-electron chi connectivity index (χ3n) is 4.42. The molecule has 0 spiro atoms. The maximum atomic E-state index is 12.4. The van der Waals surface area contributed by atoms with Crippen LogP contribution in [0.15, 0.2) is 24.5 Å². The van der Waals surface area contributed by atoms with Crippen molar-refractivity contribution in [3.8, 4) is 0 Å². The van der Waals surface area contributed by atoms with Gasteiger partial charge in [-0.05, 0) is 24.5 Å². The standard InChI is InChI=1S/C18H24N4O2/c1-12(2)10-21-11-14(7-16(21)23)18(24)20-9-15-8-19-17-13(3)5-4-6-22(15)17/h4-6,8,12,14H,7,9-11H2,1-3H3,(H,20,24). The molecule has 1 N–H and O–H groups in total. The molecule has 2 aromatic rings. The van der Waals surface area contributed by atoms with Gasteiger partial charge in [0.15, 0.2) is 0 Å². The Balaban J connectivity index is 1.61. The molecule has 1 saturated heterocycles. The number of pyridine rings is 1. The Morgan fingerprint density at radius 3 is 3.00 bits per heavy atom. The summed E-state index contributed by atoms with van der Waals surface area (Å²) in [5.74, 6) is 0.181. The first-order valence-electron chi connectivity index (χ1n) is 8.42. The summed E-state index contributed by atoms with van der Waals surface area (Å²) in [7, 11) is 0. The molecule has 1 atom stereocenters. The van der Waals surface area contributed by atoms with E-state index in [1.807, 2.05) is 29.7 Å². The number of carbonyl (C=O) groups is 2. The van der Waals surface area contributed by atoms with Crippen molar-refractivity contribution in [2.45, 2.75) is 33.7 Å². The molecule has 0 saturated carbocycles. The number of hydrogen-bond donors (Lipinski definition) is 1. The highest BCUT2D eigenvalue weighted by molar-refractivity contribution is 5.89. The highest BCUT2D eigenvalue weighted by Gasteiger charge is 2.34. The lowest BCUT2D eigenvalue weighted by atomic mass is 10.1. The van der Waals surface area contributed by atoms with Gasteiger partial charge in [-0.2, -0.15) is 0 Å². The van der Waals surface area contributed by atoms with Crippen molar-refractivity contribution in [1.29, 1.82) is 0 Å². The summed E-state index contributed by atoms with van der Waals surface area (Å²) in [6, 6.07) is 3.98. The van der Waals surface area contributed by atoms with Crippen molar-refractivity contribution in [1.82, 2.24) is 19.6 Å². The number of imidazole rings is 1. The normalized spacial score (nSPS) is 17.9. The number of nitrogens with zero attached hydrogens (tertiary/aromatic N) is 3. The van der Waals surface area contributed by atoms with Gasteiger partial charge in [-0.1, -0.05) is 19.9 Å². The first-order valence-corrected chi connectivity index (χ1v) is 8.42. The molecule has 1 aliphatic rings. The van der Waals surface area contributed by atoms with E-state index in [-0.39, 0.29) is 17.7 Å². The van der Waals surface area contributed by atoms with Gasteiger partial charge in [0.25, 0.3) is 0 Å². The monoisotopic (exact) mass is 328 g/mol. The molecule has 128 valence electrons. The van der Waals surface area contributed by atoms with Gasteiger partial charge in [-0.25, -0.2) is 4.98 Å². The lowest BCUT2D eigenvalue weighted by molar-refractivity contribution is -0.129. The molecule has 0 aromatic carbocycles. The van der Waals surface area contributed by atoms with Crippen LogP contribution in [0.25, 0.3) is 5.65 Å². The molecule has 1 unspecified atom stereocenters. The fourth-order valence-electron chi connectivity index (χ4n) is 3.22. The van der Waals surface area contributed by atoms with Crippen molar-refractivity contribution in [2.75, 3.05) is 13.1 Å². The molecule has 3 heterocycles. The first kappa shape index (κ1) is 16.5. The van der Waals surface area contributed by atoms with Crippen LogP contribution < -0.4 is 5.32 Å². The van der Waals surface area contributed by atoms with Crippen LogP contribution in [0, 0.1) is 18.8 Å². The number of amides is 2. The molecular weight excluding hydrogens is 304 g/mol. The van der Waals surface area contributed by atoms with Crippen LogP contribution in [0.3, 0.4) is 0 Å². The van der Waals surface area contributed by atoms with Gasteiger partial charge in [0.05, 0.1) is 24.4 Å². The molecule has 6 heteroatoms. The lowest BCUT2D eigenvalue weighted by Gasteiger charge is -2.18. The summed E-state index contributed by atoms with van der Waals surface area (Å²) >= 11 is 0. The Morgan fingerprint density at radius 2 is 2.25 bits per heavy atom. The van der Waals surface area contributed by atoms with Crippen LogP contribution in [0.2, 0.25) is 0 Å². The van der Waals surface area contributed by atoms with Crippen molar-refractivity contribution in [3.63, 3.8) is 0 Å². The molecule has 1 fully saturated rings. The Hall–Kier alpha value is -2.37. The number of aromatic nitrogens is 2. The zero-order chi connectivity index (χ0) is 17.3. The molecule has 3 rings (SSSR count). The number of nitrogens with one attached hydrogen (secondary N) is 1. The van der Waals surface area contributed by atoms with Gasteiger partial charge >= 0.3 is 0 Å².